The number of hydrogen-bond donors (Lipinski definition) is 0. The van der Waals surface area contributed by atoms with E-state index in [0.29, 0.717) is 114 Å². The Hall–Kier alpha value is -8.43. The van der Waals surface area contributed by atoms with E-state index in [1.54, 1.807) is 0 Å². The number of fused-ring (bicyclic) bond motifs is 5. The zero-order valence-electron chi connectivity index (χ0n) is 62.4. The summed E-state index contributed by atoms with van der Waals surface area (Å²) in [6.45, 7) is 50.3. The zero-order valence-corrected chi connectivity index (χ0v) is 64.1. The van der Waals surface area contributed by atoms with Gasteiger partial charge in [-0.2, -0.15) is 5.26 Å². The maximum absolute atomic E-state index is 12.4. The largest absolute Gasteiger partial charge is 0.743 e. The van der Waals surface area contributed by atoms with Gasteiger partial charge in [-0.25, -0.2) is 14.8 Å². The lowest BCUT2D eigenvalue weighted by Crippen LogP contribution is -2.44. The molecule has 0 N–H and O–H groups in total. The normalized spacial score (nSPS) is 15.7. The number of ether oxygens (including phenoxy) is 2. The fourth-order valence-electron chi connectivity index (χ4n) is 15.9. The van der Waals surface area contributed by atoms with E-state index >= 15 is 0 Å². The number of aryl methyl sites for hydroxylation is 1. The summed E-state index contributed by atoms with van der Waals surface area (Å²) in [7, 11) is -2.39. The van der Waals surface area contributed by atoms with Crippen LogP contribution < -0.4 is 38.8 Å². The second-order valence-corrected chi connectivity index (χ2v) is 35.9. The van der Waals surface area contributed by atoms with Gasteiger partial charge in [0.2, 0.25) is 5.70 Å². The highest BCUT2D eigenvalue weighted by Crippen LogP contribution is 2.45. The molecular formula is C85H100B2N6O6S2. The van der Waals surface area contributed by atoms with Gasteiger partial charge in [-0.15, -0.1) is 22.7 Å². The summed E-state index contributed by atoms with van der Waals surface area (Å²) < 4.78 is 48.8. The molecule has 6 aromatic carbocycles. The van der Waals surface area contributed by atoms with Gasteiger partial charge in [0.1, 0.15) is 56.2 Å². The molecule has 12 rings (SSSR count). The first-order chi connectivity index (χ1) is 48.0. The smallest absolute Gasteiger partial charge is 0.503 e. The number of benzene rings is 6. The second kappa shape index (κ2) is 29.5. The van der Waals surface area contributed by atoms with Gasteiger partial charge < -0.3 is 37.0 Å². The van der Waals surface area contributed by atoms with Crippen molar-refractivity contribution in [3.8, 4) is 63.1 Å². The average molecular weight is 1390 g/mol. The maximum Gasteiger partial charge on any atom is 0.743 e. The lowest BCUT2D eigenvalue weighted by Gasteiger charge is -2.31. The van der Waals surface area contributed by atoms with Crippen molar-refractivity contribution in [1.29, 1.82) is 5.26 Å². The Morgan fingerprint density at radius 1 is 0.515 bits per heavy atom. The minimum atomic E-state index is -1.20. The Labute approximate surface area is 607 Å². The van der Waals surface area contributed by atoms with Crippen LogP contribution in [0, 0.1) is 82.0 Å². The van der Waals surface area contributed by atoms with Gasteiger partial charge >= 0.3 is 14.5 Å². The highest BCUT2D eigenvalue weighted by Gasteiger charge is 2.46. The fraction of sp³-hybridized carbons (Fsp3) is 0.435. The van der Waals surface area contributed by atoms with Crippen LogP contribution in [0.15, 0.2) is 140 Å². The molecule has 0 radical (unpaired) electrons. The summed E-state index contributed by atoms with van der Waals surface area (Å²) in [6.07, 6.45) is 8.67. The SMILES string of the molecule is [C-]#[N+]/C(c1nc2cc(C)ccc2s1)=c1\c2c(-c3cccc(OCC(CCC(C)CC(C)(C)C)C(C)CC(C)(C)C)c3)n(B3Oc4ccccc4O3)/c(=C(/C#N)c3nc4ccccc4s3)c2c(-c2cccc(OCC(CCC(C)CC(C)(C)C)C(C)CC(C)(C)C)c2)n1B1Oc2ccccc2O1. The lowest BCUT2D eigenvalue weighted by atomic mass is 9.76. The number of rotatable bonds is 24. The third-order valence-corrected chi connectivity index (χ3v) is 21.8. The molecule has 12 nitrogen and oxygen atoms in total. The Bertz CT molecular complexity index is 4690. The Kier molecular flexibility index (Phi) is 21.1. The van der Waals surface area contributed by atoms with Crippen molar-refractivity contribution in [2.45, 2.75) is 169 Å². The van der Waals surface area contributed by atoms with E-state index in [2.05, 4.69) is 171 Å². The van der Waals surface area contributed by atoms with Crippen LogP contribution in [0.2, 0.25) is 0 Å². The van der Waals surface area contributed by atoms with E-state index < -0.39 is 14.5 Å². The van der Waals surface area contributed by atoms with Crippen LogP contribution in [0.1, 0.15) is 178 Å². The predicted molar refractivity (Wildman–Crippen MR) is 418 cm³/mol. The number of nitrogens with zero attached hydrogens (tertiary/aromatic N) is 6. The van der Waals surface area contributed by atoms with Crippen LogP contribution in [-0.4, -0.2) is 46.6 Å². The number of para-hydroxylation sites is 5. The van der Waals surface area contributed by atoms with Crippen molar-refractivity contribution >= 4 is 79.7 Å². The highest BCUT2D eigenvalue weighted by atomic mass is 32.1. The first-order valence-electron chi connectivity index (χ1n) is 36.4. The summed E-state index contributed by atoms with van der Waals surface area (Å²) in [5.41, 5.74) is 6.41. The molecule has 6 heterocycles. The number of hydrogen-bond acceptors (Lipinski definition) is 11. The minimum Gasteiger partial charge on any atom is -0.503 e. The number of nitriles is 1. The molecule has 4 aromatic heterocycles. The van der Waals surface area contributed by atoms with Crippen molar-refractivity contribution < 1.29 is 28.1 Å². The topological polar surface area (TPSA) is 119 Å². The molecule has 2 aliphatic heterocycles. The van der Waals surface area contributed by atoms with Gasteiger partial charge in [-0.05, 0) is 181 Å². The summed E-state index contributed by atoms with van der Waals surface area (Å²) in [4.78, 5) is 15.3. The third-order valence-electron chi connectivity index (χ3n) is 19.7. The molecule has 0 spiro atoms. The van der Waals surface area contributed by atoms with Crippen LogP contribution in [0.25, 0.3) is 69.8 Å². The van der Waals surface area contributed by atoms with Gasteiger partial charge in [-0.3, -0.25) is 0 Å². The number of aromatic nitrogens is 4. The van der Waals surface area contributed by atoms with Crippen LogP contribution in [0.5, 0.6) is 34.5 Å². The second-order valence-electron chi connectivity index (χ2n) is 33.9. The molecule has 6 atom stereocenters. The third kappa shape index (κ3) is 16.7. The van der Waals surface area contributed by atoms with E-state index in [0.717, 1.165) is 88.5 Å². The monoisotopic (exact) mass is 1390 g/mol. The summed E-state index contributed by atoms with van der Waals surface area (Å²) in [5.74, 6) is 5.91. The zero-order chi connectivity index (χ0) is 71.9. The van der Waals surface area contributed by atoms with E-state index in [1.807, 2.05) is 106 Å². The summed E-state index contributed by atoms with van der Waals surface area (Å²) >= 11 is 2.90. The van der Waals surface area contributed by atoms with Crippen LogP contribution in [0.3, 0.4) is 0 Å². The van der Waals surface area contributed by atoms with Gasteiger partial charge in [0.15, 0.2) is 0 Å². The van der Waals surface area contributed by atoms with Crippen LogP contribution >= 0.6 is 22.7 Å². The van der Waals surface area contributed by atoms with Crippen molar-refractivity contribution in [3.05, 3.63) is 177 Å². The van der Waals surface area contributed by atoms with Crippen molar-refractivity contribution in [2.75, 3.05) is 13.2 Å². The molecule has 6 unspecified atom stereocenters. The van der Waals surface area contributed by atoms with E-state index in [-0.39, 0.29) is 44.8 Å². The van der Waals surface area contributed by atoms with E-state index in [9.17, 15) is 11.8 Å². The molecule has 0 saturated heterocycles. The van der Waals surface area contributed by atoms with Crippen molar-refractivity contribution in [1.82, 2.24) is 18.9 Å². The molecule has 0 aliphatic carbocycles. The van der Waals surface area contributed by atoms with E-state index in [1.165, 1.54) is 22.7 Å². The molecule has 0 saturated carbocycles. The van der Waals surface area contributed by atoms with Gasteiger partial charge in [0.25, 0.3) is 0 Å². The molecule has 10 aromatic rings. The molecule has 0 bridgehead atoms. The fourth-order valence-corrected chi connectivity index (χ4v) is 17.8. The molecular weight excluding hydrogens is 1290 g/mol. The Balaban J connectivity index is 1.17. The summed E-state index contributed by atoms with van der Waals surface area (Å²) in [6, 6.07) is 48.8. The first-order valence-corrected chi connectivity index (χ1v) is 38.0. The molecule has 2 aliphatic rings. The molecule has 524 valence electrons. The quantitative estimate of drug-likeness (QED) is 0.0430. The Morgan fingerprint density at radius 2 is 0.941 bits per heavy atom. The van der Waals surface area contributed by atoms with Gasteiger partial charge in [0, 0.05) is 21.9 Å². The first kappa shape index (κ1) is 72.4. The standard InChI is InChI=1S/C85H100B2N6O6S2/c1-53-39-42-72-66(43-53)91-81(101-72)75(89-18)79-74-73(76(93(79)87-98-69-34-22-23-35-70(69)99-87)58-27-25-29-62(44-58)94-51-60(56(4)48-84(12,13)14)40-37-54(2)46-82(6,7)8)78(64(50-88)80-90-65-31-19-24-36-71(65)100-80)92(86-96-67-32-20-21-33-68(67)97-86)77(74)59-28-26-30-63(45-59)95-52-61(57(5)49-85(15,16)17)41-38-55(3)47-83(9,10)11/h19-36,39,42-45,54-57,60-61H,37-38,40-41,46-49,51-52H2,1-17H3/b78-64-,79-75+. The Morgan fingerprint density at radius 3 is 1.40 bits per heavy atom. The maximum atomic E-state index is 12.4. The predicted octanol–water partition coefficient (Wildman–Crippen LogP) is 21.6. The number of thiazole rings is 2. The van der Waals surface area contributed by atoms with Gasteiger partial charge in [0.05, 0.1) is 62.3 Å². The summed E-state index contributed by atoms with van der Waals surface area (Å²) in [5, 5.41) is 15.5. The average Bonchev–Trinajstić information content (AvgIpc) is 1.52. The molecule has 16 heteroatoms. The molecule has 101 heavy (non-hydrogen) atoms. The minimum absolute atomic E-state index is 0.125. The highest BCUT2D eigenvalue weighted by molar-refractivity contribution is 7.20. The lowest BCUT2D eigenvalue weighted by molar-refractivity contribution is 0.147. The van der Waals surface area contributed by atoms with Crippen molar-refractivity contribution in [3.63, 3.8) is 0 Å². The van der Waals surface area contributed by atoms with Gasteiger partial charge in [-0.1, -0.05) is 190 Å². The molecule has 0 fully saturated rings. The van der Waals surface area contributed by atoms with Crippen LogP contribution in [0.4, 0.5) is 0 Å². The molecule has 0 amide bonds. The van der Waals surface area contributed by atoms with Crippen LogP contribution in [-0.2, 0) is 0 Å². The van der Waals surface area contributed by atoms with Crippen molar-refractivity contribution in [2.24, 2.45) is 57.2 Å². The van der Waals surface area contributed by atoms with E-state index in [4.69, 9.17) is 38.1 Å².